The molecule has 0 unspecified atom stereocenters. The maximum absolute atomic E-state index is 12.9. The molecule has 0 spiro atoms. The van der Waals surface area contributed by atoms with Gasteiger partial charge in [0.1, 0.15) is 17.7 Å². The molecule has 1 aromatic carbocycles. The van der Waals surface area contributed by atoms with Gasteiger partial charge in [0.15, 0.2) is 0 Å². The molecule has 0 atom stereocenters. The van der Waals surface area contributed by atoms with Crippen molar-refractivity contribution in [3.8, 4) is 6.07 Å². The molecule has 0 aliphatic heterocycles. The smallest absolute Gasteiger partial charge is 0.147 e. The summed E-state index contributed by atoms with van der Waals surface area (Å²) in [5.74, 6) is 0.184. The SMILES string of the molecule is N#Cc1cc(F)ccc1NCc1ncccn1. The summed E-state index contributed by atoms with van der Waals surface area (Å²) < 4.78 is 12.9. The molecule has 0 saturated carbocycles. The standard InChI is InChI=1S/C12H9FN4/c13-10-2-3-11(9(6-10)7-14)17-8-12-15-4-1-5-16-12/h1-6,17H,8H2. The number of nitrogens with zero attached hydrogens (tertiary/aromatic N) is 3. The summed E-state index contributed by atoms with van der Waals surface area (Å²) >= 11 is 0. The maximum Gasteiger partial charge on any atom is 0.147 e. The molecule has 1 N–H and O–H groups in total. The van der Waals surface area contributed by atoms with E-state index in [1.807, 2.05) is 6.07 Å². The highest BCUT2D eigenvalue weighted by atomic mass is 19.1. The number of rotatable bonds is 3. The van der Waals surface area contributed by atoms with Crippen molar-refractivity contribution in [2.75, 3.05) is 5.32 Å². The molecule has 0 fully saturated rings. The van der Waals surface area contributed by atoms with E-state index in [9.17, 15) is 4.39 Å². The third-order valence-corrected chi connectivity index (χ3v) is 2.16. The predicted octanol–water partition coefficient (Wildman–Crippen LogP) is 2.10. The van der Waals surface area contributed by atoms with E-state index < -0.39 is 5.82 Å². The summed E-state index contributed by atoms with van der Waals surface area (Å²) in [6.07, 6.45) is 3.28. The van der Waals surface area contributed by atoms with Crippen molar-refractivity contribution in [1.82, 2.24) is 9.97 Å². The van der Waals surface area contributed by atoms with Gasteiger partial charge in [-0.05, 0) is 24.3 Å². The van der Waals surface area contributed by atoms with Gasteiger partial charge in [0.2, 0.25) is 0 Å². The molecule has 0 saturated heterocycles. The van der Waals surface area contributed by atoms with Crippen LogP contribution >= 0.6 is 0 Å². The lowest BCUT2D eigenvalue weighted by Crippen LogP contribution is -2.04. The summed E-state index contributed by atoms with van der Waals surface area (Å²) in [5, 5.41) is 11.8. The molecule has 1 aromatic heterocycles. The molecule has 0 aliphatic carbocycles. The van der Waals surface area contributed by atoms with Crippen molar-refractivity contribution in [2.24, 2.45) is 0 Å². The molecular formula is C12H9FN4. The van der Waals surface area contributed by atoms with Gasteiger partial charge in [-0.1, -0.05) is 0 Å². The van der Waals surface area contributed by atoms with Crippen LogP contribution in [0.15, 0.2) is 36.7 Å². The Morgan fingerprint density at radius 1 is 1.29 bits per heavy atom. The molecule has 4 nitrogen and oxygen atoms in total. The van der Waals surface area contributed by atoms with Gasteiger partial charge in [-0.15, -0.1) is 0 Å². The van der Waals surface area contributed by atoms with E-state index >= 15 is 0 Å². The summed E-state index contributed by atoms with van der Waals surface area (Å²) in [7, 11) is 0. The highest BCUT2D eigenvalue weighted by molar-refractivity contribution is 5.57. The van der Waals surface area contributed by atoms with Crippen LogP contribution in [0.2, 0.25) is 0 Å². The van der Waals surface area contributed by atoms with Crippen molar-refractivity contribution in [2.45, 2.75) is 6.54 Å². The fourth-order valence-electron chi connectivity index (χ4n) is 1.36. The zero-order valence-electron chi connectivity index (χ0n) is 8.89. The Morgan fingerprint density at radius 2 is 2.06 bits per heavy atom. The topological polar surface area (TPSA) is 61.6 Å². The second-order valence-electron chi connectivity index (χ2n) is 3.32. The Hall–Kier alpha value is -2.48. The van der Waals surface area contributed by atoms with Gasteiger partial charge in [0, 0.05) is 12.4 Å². The molecule has 84 valence electrons. The lowest BCUT2D eigenvalue weighted by molar-refractivity contribution is 0.627. The number of anilines is 1. The van der Waals surface area contributed by atoms with E-state index in [2.05, 4.69) is 15.3 Å². The van der Waals surface area contributed by atoms with Crippen molar-refractivity contribution in [3.63, 3.8) is 0 Å². The minimum Gasteiger partial charge on any atom is -0.377 e. The van der Waals surface area contributed by atoms with Gasteiger partial charge >= 0.3 is 0 Å². The monoisotopic (exact) mass is 228 g/mol. The van der Waals surface area contributed by atoms with Crippen LogP contribution in [0.5, 0.6) is 0 Å². The Morgan fingerprint density at radius 3 is 2.76 bits per heavy atom. The number of nitriles is 1. The maximum atomic E-state index is 12.9. The molecule has 0 radical (unpaired) electrons. The summed E-state index contributed by atoms with van der Waals surface area (Å²) in [6.45, 7) is 0.390. The second-order valence-corrected chi connectivity index (χ2v) is 3.32. The van der Waals surface area contributed by atoms with Crippen molar-refractivity contribution < 1.29 is 4.39 Å². The lowest BCUT2D eigenvalue weighted by Gasteiger charge is -2.06. The van der Waals surface area contributed by atoms with E-state index in [1.165, 1.54) is 18.2 Å². The highest BCUT2D eigenvalue weighted by Crippen LogP contribution is 2.16. The number of halogens is 1. The first-order valence-electron chi connectivity index (χ1n) is 4.99. The average Bonchev–Trinajstić information content (AvgIpc) is 2.38. The van der Waals surface area contributed by atoms with E-state index in [0.29, 0.717) is 18.1 Å². The number of hydrogen-bond acceptors (Lipinski definition) is 4. The zero-order valence-corrected chi connectivity index (χ0v) is 8.89. The van der Waals surface area contributed by atoms with E-state index in [-0.39, 0.29) is 5.56 Å². The predicted molar refractivity (Wildman–Crippen MR) is 60.5 cm³/mol. The zero-order chi connectivity index (χ0) is 12.1. The number of aromatic nitrogens is 2. The summed E-state index contributed by atoms with van der Waals surface area (Å²) in [4.78, 5) is 8.07. The molecule has 5 heteroatoms. The van der Waals surface area contributed by atoms with Crippen molar-refractivity contribution in [3.05, 3.63) is 53.9 Å². The molecule has 0 amide bonds. The van der Waals surface area contributed by atoms with Gasteiger partial charge in [0.05, 0.1) is 17.8 Å². The second kappa shape index (κ2) is 5.03. The number of benzene rings is 1. The van der Waals surface area contributed by atoms with Crippen LogP contribution in [0, 0.1) is 17.1 Å². The number of nitrogens with one attached hydrogen (secondary N) is 1. The Labute approximate surface area is 97.8 Å². The number of hydrogen-bond donors (Lipinski definition) is 1. The molecule has 0 aliphatic rings. The van der Waals surface area contributed by atoms with Crippen LogP contribution in [0.3, 0.4) is 0 Å². The van der Waals surface area contributed by atoms with Gasteiger partial charge in [-0.2, -0.15) is 5.26 Å². The van der Waals surface area contributed by atoms with Crippen LogP contribution in [-0.2, 0) is 6.54 Å². The first-order chi connectivity index (χ1) is 8.29. The van der Waals surface area contributed by atoms with Gasteiger partial charge in [-0.25, -0.2) is 14.4 Å². The van der Waals surface area contributed by atoms with Crippen LogP contribution in [0.25, 0.3) is 0 Å². The van der Waals surface area contributed by atoms with Crippen molar-refractivity contribution >= 4 is 5.69 Å². The van der Waals surface area contributed by atoms with Crippen LogP contribution < -0.4 is 5.32 Å². The fourth-order valence-corrected chi connectivity index (χ4v) is 1.36. The lowest BCUT2D eigenvalue weighted by atomic mass is 10.2. The van der Waals surface area contributed by atoms with Crippen LogP contribution in [0.4, 0.5) is 10.1 Å². The van der Waals surface area contributed by atoms with E-state index in [1.54, 1.807) is 18.5 Å². The Kier molecular flexibility index (Phi) is 3.26. The minimum absolute atomic E-state index is 0.265. The molecule has 1 heterocycles. The average molecular weight is 228 g/mol. The molecule has 2 rings (SSSR count). The third-order valence-electron chi connectivity index (χ3n) is 2.16. The summed E-state index contributed by atoms with van der Waals surface area (Å²) in [6, 6.07) is 7.67. The van der Waals surface area contributed by atoms with E-state index in [4.69, 9.17) is 5.26 Å². The fraction of sp³-hybridized carbons (Fsp3) is 0.0833. The summed E-state index contributed by atoms with van der Waals surface area (Å²) in [5.41, 5.74) is 0.835. The van der Waals surface area contributed by atoms with E-state index in [0.717, 1.165) is 0 Å². The Bertz CT molecular complexity index is 548. The molecular weight excluding hydrogens is 219 g/mol. The highest BCUT2D eigenvalue weighted by Gasteiger charge is 2.03. The van der Waals surface area contributed by atoms with Crippen molar-refractivity contribution in [1.29, 1.82) is 5.26 Å². The third kappa shape index (κ3) is 2.75. The largest absolute Gasteiger partial charge is 0.377 e. The first kappa shape index (κ1) is 11.0. The minimum atomic E-state index is -0.428. The molecule has 0 bridgehead atoms. The van der Waals surface area contributed by atoms with Crippen LogP contribution in [-0.4, -0.2) is 9.97 Å². The van der Waals surface area contributed by atoms with Gasteiger partial charge in [0.25, 0.3) is 0 Å². The molecule has 2 aromatic rings. The van der Waals surface area contributed by atoms with Crippen LogP contribution in [0.1, 0.15) is 11.4 Å². The molecule has 17 heavy (non-hydrogen) atoms. The first-order valence-corrected chi connectivity index (χ1v) is 4.99. The normalized spacial score (nSPS) is 9.65. The Balaban J connectivity index is 2.12. The van der Waals surface area contributed by atoms with Gasteiger partial charge in [-0.3, -0.25) is 0 Å². The quantitative estimate of drug-likeness (QED) is 0.873. The van der Waals surface area contributed by atoms with Gasteiger partial charge < -0.3 is 5.32 Å².